The molecule has 0 aliphatic rings. The number of aliphatic hydroxyl groups is 1. The summed E-state index contributed by atoms with van der Waals surface area (Å²) in [6.45, 7) is 3.55. The first-order valence-electron chi connectivity index (χ1n) is 5.65. The lowest BCUT2D eigenvalue weighted by Crippen LogP contribution is -2.42. The summed E-state index contributed by atoms with van der Waals surface area (Å²) in [6, 6.07) is 5.00. The van der Waals surface area contributed by atoms with Gasteiger partial charge in [-0.05, 0) is 31.7 Å². The molecule has 0 radical (unpaired) electrons. The van der Waals surface area contributed by atoms with Crippen molar-refractivity contribution in [2.24, 2.45) is 0 Å². The monoisotopic (exact) mass is 269 g/mol. The number of benzene rings is 1. The summed E-state index contributed by atoms with van der Waals surface area (Å²) in [6.07, 6.45) is 1.89. The van der Waals surface area contributed by atoms with Crippen molar-refractivity contribution in [3.05, 3.63) is 29.3 Å². The molecule has 1 rings (SSSR count). The molecule has 1 amide bonds. The molecule has 1 aromatic carbocycles. The molecule has 1 atom stereocenters. The molecule has 0 aliphatic heterocycles. The smallest absolute Gasteiger partial charge is 0.255 e. The fraction of sp³-hybridized carbons (Fsp3) is 0.462. The zero-order chi connectivity index (χ0) is 13.8. The predicted octanol–water partition coefficient (Wildman–Crippen LogP) is 1.54. The zero-order valence-electron chi connectivity index (χ0n) is 10.9. The van der Waals surface area contributed by atoms with Crippen LogP contribution in [0.15, 0.2) is 18.2 Å². The number of thioether (sulfide) groups is 1. The van der Waals surface area contributed by atoms with Crippen LogP contribution in [0.1, 0.15) is 22.8 Å². The van der Waals surface area contributed by atoms with Crippen LogP contribution in [0.3, 0.4) is 0 Å². The number of nitrogens with one attached hydrogen (secondary N) is 1. The predicted molar refractivity (Wildman–Crippen MR) is 74.2 cm³/mol. The molecule has 18 heavy (non-hydrogen) atoms. The Morgan fingerprint density at radius 3 is 2.78 bits per heavy atom. The highest BCUT2D eigenvalue weighted by molar-refractivity contribution is 7.98. The van der Waals surface area contributed by atoms with E-state index in [4.69, 9.17) is 0 Å². The zero-order valence-corrected chi connectivity index (χ0v) is 11.7. The molecule has 5 heteroatoms. The fourth-order valence-electron chi connectivity index (χ4n) is 1.57. The number of phenols is 1. The van der Waals surface area contributed by atoms with Crippen LogP contribution in [0.2, 0.25) is 0 Å². The van der Waals surface area contributed by atoms with Crippen molar-refractivity contribution in [1.82, 2.24) is 5.32 Å². The maximum Gasteiger partial charge on any atom is 0.255 e. The van der Waals surface area contributed by atoms with Gasteiger partial charge in [-0.15, -0.1) is 0 Å². The summed E-state index contributed by atoms with van der Waals surface area (Å²) in [5.41, 5.74) is -0.0670. The van der Waals surface area contributed by atoms with Crippen LogP contribution in [0.25, 0.3) is 0 Å². The minimum Gasteiger partial charge on any atom is -0.507 e. The number of carbonyl (C=O) groups is 1. The van der Waals surface area contributed by atoms with Gasteiger partial charge >= 0.3 is 0 Å². The minimum atomic E-state index is -0.950. The third-order valence-electron chi connectivity index (χ3n) is 2.57. The Kier molecular flexibility index (Phi) is 5.04. The van der Waals surface area contributed by atoms with Gasteiger partial charge in [0.1, 0.15) is 5.75 Å². The van der Waals surface area contributed by atoms with E-state index in [2.05, 4.69) is 5.32 Å². The Balaban J connectivity index is 2.69. The minimum absolute atomic E-state index is 0.0143. The first-order valence-corrected chi connectivity index (χ1v) is 7.05. The summed E-state index contributed by atoms with van der Waals surface area (Å²) >= 11 is 1.51. The van der Waals surface area contributed by atoms with Crippen molar-refractivity contribution in [3.8, 4) is 5.75 Å². The highest BCUT2D eigenvalue weighted by atomic mass is 32.2. The largest absolute Gasteiger partial charge is 0.507 e. The van der Waals surface area contributed by atoms with Crippen LogP contribution in [-0.2, 0) is 0 Å². The average molecular weight is 269 g/mol. The molecule has 4 nitrogen and oxygen atoms in total. The number of amides is 1. The second-order valence-electron chi connectivity index (χ2n) is 4.58. The Labute approximate surface area is 111 Å². The van der Waals surface area contributed by atoms with Crippen molar-refractivity contribution in [2.45, 2.75) is 19.4 Å². The lowest BCUT2D eigenvalue weighted by Gasteiger charge is -2.22. The van der Waals surface area contributed by atoms with Crippen molar-refractivity contribution in [1.29, 1.82) is 0 Å². The summed E-state index contributed by atoms with van der Waals surface area (Å²) in [5.74, 6) is 0.143. The highest BCUT2D eigenvalue weighted by Crippen LogP contribution is 2.21. The van der Waals surface area contributed by atoms with E-state index in [0.29, 0.717) is 11.3 Å². The topological polar surface area (TPSA) is 69.6 Å². The molecule has 0 saturated heterocycles. The molecule has 0 fully saturated rings. The van der Waals surface area contributed by atoms with E-state index in [1.807, 2.05) is 6.26 Å². The van der Waals surface area contributed by atoms with Crippen molar-refractivity contribution in [3.63, 3.8) is 0 Å². The van der Waals surface area contributed by atoms with E-state index < -0.39 is 5.60 Å². The molecular formula is C13H19NO3S. The number of hydrogen-bond donors (Lipinski definition) is 3. The third-order valence-corrected chi connectivity index (χ3v) is 3.48. The van der Waals surface area contributed by atoms with Gasteiger partial charge in [0.2, 0.25) is 0 Å². The molecule has 0 spiro atoms. The second kappa shape index (κ2) is 6.11. The second-order valence-corrected chi connectivity index (χ2v) is 5.45. The van der Waals surface area contributed by atoms with Gasteiger partial charge in [-0.2, -0.15) is 11.8 Å². The molecule has 100 valence electrons. The van der Waals surface area contributed by atoms with Crippen molar-refractivity contribution >= 4 is 17.7 Å². The van der Waals surface area contributed by atoms with E-state index in [9.17, 15) is 15.0 Å². The van der Waals surface area contributed by atoms with E-state index in [1.165, 1.54) is 11.8 Å². The van der Waals surface area contributed by atoms with Gasteiger partial charge in [0.15, 0.2) is 0 Å². The molecule has 3 N–H and O–H groups in total. The van der Waals surface area contributed by atoms with E-state index in [1.54, 1.807) is 32.0 Å². The van der Waals surface area contributed by atoms with Crippen molar-refractivity contribution < 1.29 is 15.0 Å². The fourth-order valence-corrected chi connectivity index (χ4v) is 2.29. The molecular weight excluding hydrogens is 250 g/mol. The van der Waals surface area contributed by atoms with E-state index in [0.717, 1.165) is 0 Å². The molecule has 0 heterocycles. The summed E-state index contributed by atoms with van der Waals surface area (Å²) in [7, 11) is 0. The maximum absolute atomic E-state index is 11.9. The number of rotatable bonds is 5. The number of hydrogen-bond acceptors (Lipinski definition) is 4. The van der Waals surface area contributed by atoms with Crippen molar-refractivity contribution in [2.75, 3.05) is 18.6 Å². The molecule has 0 aromatic heterocycles. The Hall–Kier alpha value is -1.20. The van der Waals surface area contributed by atoms with Crippen LogP contribution in [-0.4, -0.2) is 40.3 Å². The molecule has 0 saturated carbocycles. The van der Waals surface area contributed by atoms with Crippen LogP contribution in [0.4, 0.5) is 0 Å². The van der Waals surface area contributed by atoms with E-state index >= 15 is 0 Å². The highest BCUT2D eigenvalue weighted by Gasteiger charge is 2.21. The standard InChI is InChI=1S/C13H19NO3S/c1-9-5-4-6-10(11(9)15)12(16)14-7-13(2,17)8-18-3/h4-6,15,17H,7-8H2,1-3H3,(H,14,16). The number of phenolic OH excluding ortho intramolecular Hbond substituents is 1. The summed E-state index contributed by atoms with van der Waals surface area (Å²) in [4.78, 5) is 11.9. The number of carbonyl (C=O) groups excluding carboxylic acids is 1. The van der Waals surface area contributed by atoms with E-state index in [-0.39, 0.29) is 23.8 Å². The Morgan fingerprint density at radius 1 is 1.50 bits per heavy atom. The van der Waals surface area contributed by atoms with Gasteiger partial charge in [-0.3, -0.25) is 4.79 Å². The summed E-state index contributed by atoms with van der Waals surface area (Å²) < 4.78 is 0. The normalized spacial score (nSPS) is 14.0. The van der Waals surface area contributed by atoms with Gasteiger partial charge in [0.05, 0.1) is 11.2 Å². The maximum atomic E-state index is 11.9. The van der Waals surface area contributed by atoms with Crippen LogP contribution < -0.4 is 5.32 Å². The number of aromatic hydroxyl groups is 1. The van der Waals surface area contributed by atoms with Gasteiger partial charge < -0.3 is 15.5 Å². The lowest BCUT2D eigenvalue weighted by molar-refractivity contribution is 0.0723. The Morgan fingerprint density at radius 2 is 2.17 bits per heavy atom. The lowest BCUT2D eigenvalue weighted by atomic mass is 10.1. The quantitative estimate of drug-likeness (QED) is 0.758. The van der Waals surface area contributed by atoms with Gasteiger partial charge in [-0.25, -0.2) is 0 Å². The number of para-hydroxylation sites is 1. The van der Waals surface area contributed by atoms with Gasteiger partial charge in [0, 0.05) is 12.3 Å². The molecule has 0 bridgehead atoms. The number of aryl methyl sites for hydroxylation is 1. The van der Waals surface area contributed by atoms with Crippen LogP contribution >= 0.6 is 11.8 Å². The SMILES string of the molecule is CSCC(C)(O)CNC(=O)c1cccc(C)c1O. The van der Waals surface area contributed by atoms with Crippen LogP contribution in [0, 0.1) is 6.92 Å². The third kappa shape index (κ3) is 3.92. The first-order chi connectivity index (χ1) is 8.37. The average Bonchev–Trinajstić information content (AvgIpc) is 2.30. The van der Waals surface area contributed by atoms with Gasteiger partial charge in [0.25, 0.3) is 5.91 Å². The molecule has 1 aromatic rings. The summed E-state index contributed by atoms with van der Waals surface area (Å²) in [5, 5.41) is 22.3. The first kappa shape index (κ1) is 14.9. The molecule has 1 unspecified atom stereocenters. The molecule has 0 aliphatic carbocycles. The van der Waals surface area contributed by atoms with Gasteiger partial charge in [-0.1, -0.05) is 12.1 Å². The van der Waals surface area contributed by atoms with Crippen LogP contribution in [0.5, 0.6) is 5.75 Å². The Bertz CT molecular complexity index is 432.